The molecular formula is C30H26N4. The van der Waals surface area contributed by atoms with Crippen LogP contribution in [0.1, 0.15) is 46.3 Å². The van der Waals surface area contributed by atoms with Crippen molar-refractivity contribution >= 4 is 35.0 Å². The van der Waals surface area contributed by atoms with Gasteiger partial charge in [-0.15, -0.1) is 0 Å². The molecule has 1 atom stereocenters. The molecule has 0 saturated heterocycles. The first-order valence-electron chi connectivity index (χ1n) is 11.4. The van der Waals surface area contributed by atoms with E-state index in [0.717, 1.165) is 50.5 Å². The van der Waals surface area contributed by atoms with Crippen molar-refractivity contribution in [2.45, 2.75) is 13.0 Å². The van der Waals surface area contributed by atoms with Gasteiger partial charge in [0.1, 0.15) is 0 Å². The molecule has 4 nitrogen and oxygen atoms in total. The molecule has 3 aliphatic heterocycles. The van der Waals surface area contributed by atoms with E-state index < -0.39 is 0 Å². The third-order valence-electron chi connectivity index (χ3n) is 6.19. The average Bonchev–Trinajstić information content (AvgIpc) is 2.72. The van der Waals surface area contributed by atoms with E-state index in [0.29, 0.717) is 0 Å². The molecule has 166 valence electrons. The third-order valence-corrected chi connectivity index (χ3v) is 6.19. The molecule has 5 rings (SSSR count). The molecule has 3 heterocycles. The van der Waals surface area contributed by atoms with Gasteiger partial charge in [-0.3, -0.25) is 15.0 Å². The van der Waals surface area contributed by atoms with E-state index in [-0.39, 0.29) is 6.04 Å². The quantitative estimate of drug-likeness (QED) is 0.455. The number of nitrogens with zero attached hydrogens (tertiary/aromatic N) is 3. The fourth-order valence-corrected chi connectivity index (χ4v) is 3.93. The van der Waals surface area contributed by atoms with Crippen LogP contribution in [0.2, 0.25) is 0 Å². The van der Waals surface area contributed by atoms with Crippen LogP contribution in [0.3, 0.4) is 0 Å². The van der Waals surface area contributed by atoms with Gasteiger partial charge in [-0.2, -0.15) is 0 Å². The fraction of sp³-hybridized carbons (Fsp3) is 0.100. The first-order valence-corrected chi connectivity index (χ1v) is 11.4. The summed E-state index contributed by atoms with van der Waals surface area (Å²) in [5.41, 5.74) is 10.8. The average molecular weight is 443 g/mol. The second-order valence-electron chi connectivity index (χ2n) is 8.37. The third kappa shape index (κ3) is 4.36. The minimum Gasteiger partial charge on any atom is -0.313 e. The van der Waals surface area contributed by atoms with Crippen molar-refractivity contribution < 1.29 is 0 Å². The van der Waals surface area contributed by atoms with Crippen LogP contribution in [0.15, 0.2) is 107 Å². The number of rotatable bonds is 9. The minimum absolute atomic E-state index is 0.234. The Morgan fingerprint density at radius 2 is 1.62 bits per heavy atom. The SMILES string of the molecule is C=C/C(=C\C=Cc1cc(C2=CC=N2)cc(C2=NC=C2)c1)c1cc(C2=NC=C2)cc(C(C)NC)c1. The van der Waals surface area contributed by atoms with Crippen molar-refractivity contribution in [3.8, 4) is 0 Å². The van der Waals surface area contributed by atoms with Crippen molar-refractivity contribution in [3.05, 3.63) is 125 Å². The number of nitrogens with one attached hydrogen (secondary N) is 1. The summed E-state index contributed by atoms with van der Waals surface area (Å²) in [7, 11) is 1.98. The zero-order chi connectivity index (χ0) is 23.5. The zero-order valence-corrected chi connectivity index (χ0v) is 19.4. The molecule has 0 bridgehead atoms. The second kappa shape index (κ2) is 9.38. The lowest BCUT2D eigenvalue weighted by Crippen LogP contribution is -2.14. The van der Waals surface area contributed by atoms with E-state index in [1.165, 1.54) is 5.56 Å². The molecule has 0 fully saturated rings. The molecule has 2 aromatic rings. The maximum Gasteiger partial charge on any atom is 0.0717 e. The maximum atomic E-state index is 4.39. The Morgan fingerprint density at radius 1 is 0.941 bits per heavy atom. The summed E-state index contributed by atoms with van der Waals surface area (Å²) in [5, 5.41) is 3.33. The van der Waals surface area contributed by atoms with Crippen LogP contribution in [-0.4, -0.2) is 24.7 Å². The molecular weight excluding hydrogens is 416 g/mol. The molecule has 2 aromatic carbocycles. The summed E-state index contributed by atoms with van der Waals surface area (Å²) >= 11 is 0. The van der Waals surface area contributed by atoms with Gasteiger partial charge < -0.3 is 5.32 Å². The first kappa shape index (κ1) is 21.7. The van der Waals surface area contributed by atoms with E-state index in [1.54, 1.807) is 0 Å². The molecule has 0 aromatic heterocycles. The molecule has 0 aliphatic carbocycles. The van der Waals surface area contributed by atoms with Crippen molar-refractivity contribution in [1.82, 2.24) is 5.32 Å². The Balaban J connectivity index is 1.46. The molecule has 1 unspecified atom stereocenters. The van der Waals surface area contributed by atoms with Crippen molar-refractivity contribution in [2.24, 2.45) is 15.0 Å². The number of benzene rings is 2. The van der Waals surface area contributed by atoms with E-state index in [1.807, 2.05) is 50.0 Å². The Hall–Kier alpha value is -4.15. The van der Waals surface area contributed by atoms with Gasteiger partial charge >= 0.3 is 0 Å². The topological polar surface area (TPSA) is 49.1 Å². The molecule has 0 saturated carbocycles. The number of hydrogen-bond acceptors (Lipinski definition) is 4. The normalized spacial score (nSPS) is 16.9. The van der Waals surface area contributed by atoms with Crippen molar-refractivity contribution in [1.29, 1.82) is 0 Å². The van der Waals surface area contributed by atoms with Crippen LogP contribution < -0.4 is 5.32 Å². The van der Waals surface area contributed by atoms with Crippen LogP contribution in [-0.2, 0) is 0 Å². The number of hydrogen-bond donors (Lipinski definition) is 1. The summed E-state index contributed by atoms with van der Waals surface area (Å²) < 4.78 is 0. The van der Waals surface area contributed by atoms with Gasteiger partial charge in [0, 0.05) is 41.3 Å². The van der Waals surface area contributed by atoms with Crippen LogP contribution >= 0.6 is 0 Å². The van der Waals surface area contributed by atoms with Gasteiger partial charge in [0.25, 0.3) is 0 Å². The minimum atomic E-state index is 0.234. The lowest BCUT2D eigenvalue weighted by atomic mass is 9.94. The van der Waals surface area contributed by atoms with Gasteiger partial charge in [-0.05, 0) is 90.9 Å². The Bertz CT molecular complexity index is 1360. The fourth-order valence-electron chi connectivity index (χ4n) is 3.93. The van der Waals surface area contributed by atoms with E-state index in [4.69, 9.17) is 0 Å². The maximum absolute atomic E-state index is 4.39. The van der Waals surface area contributed by atoms with Crippen molar-refractivity contribution in [2.75, 3.05) is 7.05 Å². The summed E-state index contributed by atoms with van der Waals surface area (Å²) in [6.07, 6.45) is 19.8. The summed E-state index contributed by atoms with van der Waals surface area (Å²) in [5.74, 6) is 0. The highest BCUT2D eigenvalue weighted by Crippen LogP contribution is 2.27. The summed E-state index contributed by atoms with van der Waals surface area (Å²) in [6, 6.07) is 13.3. The molecule has 3 aliphatic rings. The van der Waals surface area contributed by atoms with Gasteiger partial charge in [-0.1, -0.05) is 30.9 Å². The standard InChI is InChI=1S/C30H26N4/c1-4-22(24-16-23(20(2)31-3)17-27(18-24)30-10-13-34-30)7-5-6-21-14-25(28-8-11-32-28)19-26(15-21)29-9-12-33-29/h4-20,31H,1H2,2-3H3/b6-5?,22-7+. The van der Waals surface area contributed by atoms with E-state index in [2.05, 4.69) is 88.4 Å². The Morgan fingerprint density at radius 3 is 2.18 bits per heavy atom. The monoisotopic (exact) mass is 442 g/mol. The Kier molecular flexibility index (Phi) is 5.98. The van der Waals surface area contributed by atoms with E-state index in [9.17, 15) is 0 Å². The van der Waals surface area contributed by atoms with Gasteiger partial charge in [0.2, 0.25) is 0 Å². The lowest BCUT2D eigenvalue weighted by molar-refractivity contribution is 0.652. The van der Waals surface area contributed by atoms with E-state index >= 15 is 0 Å². The highest BCUT2D eigenvalue weighted by molar-refractivity contribution is 6.13. The van der Waals surface area contributed by atoms with Gasteiger partial charge in [0.05, 0.1) is 17.1 Å². The molecule has 4 heteroatoms. The van der Waals surface area contributed by atoms with Gasteiger partial charge in [-0.25, -0.2) is 0 Å². The summed E-state index contributed by atoms with van der Waals surface area (Å²) in [4.78, 5) is 13.1. The molecule has 0 spiro atoms. The van der Waals surface area contributed by atoms with Gasteiger partial charge in [0.15, 0.2) is 0 Å². The largest absolute Gasteiger partial charge is 0.313 e. The molecule has 34 heavy (non-hydrogen) atoms. The number of allylic oxidation sites excluding steroid dienone is 7. The lowest BCUT2D eigenvalue weighted by Gasteiger charge is -2.16. The van der Waals surface area contributed by atoms with Crippen LogP contribution in [0.25, 0.3) is 17.3 Å². The zero-order valence-electron chi connectivity index (χ0n) is 19.4. The predicted molar refractivity (Wildman–Crippen MR) is 145 cm³/mol. The smallest absolute Gasteiger partial charge is 0.0717 e. The second-order valence-corrected chi connectivity index (χ2v) is 8.37. The van der Waals surface area contributed by atoms with Crippen LogP contribution in [0, 0.1) is 0 Å². The number of aliphatic imine (C=N–C) groups is 3. The molecule has 0 amide bonds. The first-order chi connectivity index (χ1) is 16.6. The predicted octanol–water partition coefficient (Wildman–Crippen LogP) is 6.31. The highest BCUT2D eigenvalue weighted by atomic mass is 14.9. The van der Waals surface area contributed by atoms with Crippen LogP contribution in [0.5, 0.6) is 0 Å². The molecule has 0 radical (unpaired) electrons. The molecule has 1 N–H and O–H groups in total. The highest BCUT2D eigenvalue weighted by Gasteiger charge is 2.13. The Labute approximate surface area is 200 Å². The summed E-state index contributed by atoms with van der Waals surface area (Å²) in [6.45, 7) is 6.23. The van der Waals surface area contributed by atoms with Crippen molar-refractivity contribution in [3.63, 3.8) is 0 Å². The van der Waals surface area contributed by atoms with Crippen LogP contribution in [0.4, 0.5) is 0 Å².